The van der Waals surface area contributed by atoms with Crippen LogP contribution in [0.5, 0.6) is 11.5 Å². The van der Waals surface area contributed by atoms with Crippen LogP contribution < -0.4 is 9.47 Å². The van der Waals surface area contributed by atoms with Gasteiger partial charge in [0.1, 0.15) is 6.61 Å². The Kier molecular flexibility index (Phi) is 8.68. The number of benzene rings is 2. The number of thioether (sulfide) groups is 1. The Morgan fingerprint density at radius 2 is 1.97 bits per heavy atom. The van der Waals surface area contributed by atoms with Crippen molar-refractivity contribution in [3.8, 4) is 11.5 Å². The van der Waals surface area contributed by atoms with E-state index in [1.54, 1.807) is 4.90 Å². The Balaban J connectivity index is 1.89. The maximum atomic E-state index is 12.8. The number of nitrogens with zero attached hydrogens (tertiary/aromatic N) is 2. The molecule has 1 aliphatic rings. The summed E-state index contributed by atoms with van der Waals surface area (Å²) in [6.45, 7) is 7.93. The molecule has 0 atom stereocenters. The summed E-state index contributed by atoms with van der Waals surface area (Å²) in [5, 5.41) is 1.42. The van der Waals surface area contributed by atoms with Gasteiger partial charge in [0.05, 0.1) is 15.1 Å². The largest absolute Gasteiger partial charge is 0.490 e. The van der Waals surface area contributed by atoms with Crippen molar-refractivity contribution in [1.29, 1.82) is 0 Å². The van der Waals surface area contributed by atoms with E-state index >= 15 is 0 Å². The summed E-state index contributed by atoms with van der Waals surface area (Å²) >= 11 is 9.89. The van der Waals surface area contributed by atoms with Crippen molar-refractivity contribution in [2.75, 3.05) is 19.7 Å². The topological polar surface area (TPSA) is 51.1 Å². The highest BCUT2D eigenvalue weighted by atomic mass is 127. The summed E-state index contributed by atoms with van der Waals surface area (Å²) in [4.78, 5) is 19.6. The lowest BCUT2D eigenvalue weighted by atomic mass is 10.1. The van der Waals surface area contributed by atoms with Gasteiger partial charge in [-0.3, -0.25) is 14.7 Å². The van der Waals surface area contributed by atoms with Crippen LogP contribution in [0.3, 0.4) is 0 Å². The number of rotatable bonds is 8. The molecule has 0 bridgehead atoms. The quantitative estimate of drug-likeness (QED) is 0.279. The fourth-order valence-electron chi connectivity index (χ4n) is 3.03. The number of hydrogen-bond donors (Lipinski definition) is 0. The Bertz CT molecular complexity index is 1030. The first-order chi connectivity index (χ1) is 15.0. The highest BCUT2D eigenvalue weighted by Gasteiger charge is 2.32. The third-order valence-corrected chi connectivity index (χ3v) is 6.67. The highest BCUT2D eigenvalue weighted by molar-refractivity contribution is 14.1. The molecule has 31 heavy (non-hydrogen) atoms. The molecule has 0 aliphatic carbocycles. The lowest BCUT2D eigenvalue weighted by Crippen LogP contribution is -2.28. The fraction of sp³-hybridized carbons (Fsp3) is 0.304. The highest BCUT2D eigenvalue weighted by Crippen LogP contribution is 2.38. The second-order valence-electron chi connectivity index (χ2n) is 6.56. The van der Waals surface area contributed by atoms with Gasteiger partial charge in [-0.1, -0.05) is 29.8 Å². The van der Waals surface area contributed by atoms with E-state index in [2.05, 4.69) is 27.6 Å². The Morgan fingerprint density at radius 1 is 1.19 bits per heavy atom. The maximum Gasteiger partial charge on any atom is 0.266 e. The SMILES string of the molecule is CCN=C1S/C(=C\c2cc(I)c(OCc3ccccc3Cl)c(OCC)c2)C(=O)N1CC. The van der Waals surface area contributed by atoms with E-state index < -0.39 is 0 Å². The second kappa shape index (κ2) is 11.2. The zero-order valence-corrected chi connectivity index (χ0v) is 21.4. The Hall–Kier alpha value is -1.71. The lowest BCUT2D eigenvalue weighted by molar-refractivity contribution is -0.122. The molecule has 1 fully saturated rings. The van der Waals surface area contributed by atoms with Gasteiger partial charge in [-0.05, 0) is 85.0 Å². The zero-order valence-electron chi connectivity index (χ0n) is 17.7. The molecule has 0 aromatic heterocycles. The van der Waals surface area contributed by atoms with Crippen LogP contribution in [0.1, 0.15) is 31.9 Å². The van der Waals surface area contributed by atoms with Crippen molar-refractivity contribution in [1.82, 2.24) is 4.90 Å². The van der Waals surface area contributed by atoms with Gasteiger partial charge in [0.15, 0.2) is 16.7 Å². The van der Waals surface area contributed by atoms with Crippen molar-refractivity contribution in [2.45, 2.75) is 27.4 Å². The van der Waals surface area contributed by atoms with Crippen LogP contribution in [0.2, 0.25) is 5.02 Å². The van der Waals surface area contributed by atoms with E-state index in [4.69, 9.17) is 21.1 Å². The monoisotopic (exact) mass is 570 g/mol. The number of hydrogen-bond acceptors (Lipinski definition) is 5. The van der Waals surface area contributed by atoms with Gasteiger partial charge in [0, 0.05) is 23.7 Å². The molecule has 2 aromatic rings. The number of carbonyl (C=O) groups is 1. The maximum absolute atomic E-state index is 12.8. The predicted octanol–water partition coefficient (Wildman–Crippen LogP) is 6.23. The third kappa shape index (κ3) is 5.75. The van der Waals surface area contributed by atoms with Gasteiger partial charge in [0.25, 0.3) is 5.91 Å². The summed E-state index contributed by atoms with van der Waals surface area (Å²) in [6, 6.07) is 11.5. The van der Waals surface area contributed by atoms with Gasteiger partial charge in [0.2, 0.25) is 0 Å². The molecule has 1 saturated heterocycles. The van der Waals surface area contributed by atoms with Crippen LogP contribution >= 0.6 is 46.0 Å². The number of amides is 1. The van der Waals surface area contributed by atoms with Crippen molar-refractivity contribution >= 4 is 63.1 Å². The minimum atomic E-state index is -0.0216. The number of likely N-dealkylation sites (N-methyl/N-ethyl adjacent to an activating group) is 1. The summed E-state index contributed by atoms with van der Waals surface area (Å²) in [5.41, 5.74) is 1.78. The van der Waals surface area contributed by atoms with Crippen LogP contribution in [0.4, 0.5) is 0 Å². The summed E-state index contributed by atoms with van der Waals surface area (Å²) < 4.78 is 12.8. The van der Waals surface area contributed by atoms with Crippen molar-refractivity contribution in [2.24, 2.45) is 4.99 Å². The van der Waals surface area contributed by atoms with E-state index in [0.29, 0.717) is 47.7 Å². The van der Waals surface area contributed by atoms with Gasteiger partial charge < -0.3 is 9.47 Å². The van der Waals surface area contributed by atoms with Gasteiger partial charge >= 0.3 is 0 Å². The van der Waals surface area contributed by atoms with Crippen LogP contribution in [-0.4, -0.2) is 35.7 Å². The van der Waals surface area contributed by atoms with Gasteiger partial charge in [-0.2, -0.15) is 0 Å². The molecule has 5 nitrogen and oxygen atoms in total. The summed E-state index contributed by atoms with van der Waals surface area (Å²) in [7, 11) is 0. The minimum Gasteiger partial charge on any atom is -0.490 e. The molecule has 1 amide bonds. The van der Waals surface area contributed by atoms with Gasteiger partial charge in [-0.25, -0.2) is 0 Å². The molecule has 0 spiro atoms. The smallest absolute Gasteiger partial charge is 0.266 e. The zero-order chi connectivity index (χ0) is 22.4. The molecule has 0 radical (unpaired) electrons. The van der Waals surface area contributed by atoms with Gasteiger partial charge in [-0.15, -0.1) is 0 Å². The van der Waals surface area contributed by atoms with Crippen molar-refractivity contribution in [3.05, 3.63) is 61.0 Å². The first-order valence-corrected chi connectivity index (χ1v) is 12.3. The van der Waals surface area contributed by atoms with Crippen molar-refractivity contribution < 1.29 is 14.3 Å². The first-order valence-electron chi connectivity index (χ1n) is 10.1. The summed E-state index contributed by atoms with van der Waals surface area (Å²) in [6.07, 6.45) is 1.89. The van der Waals surface area contributed by atoms with Crippen molar-refractivity contribution in [3.63, 3.8) is 0 Å². The minimum absolute atomic E-state index is 0.0216. The van der Waals surface area contributed by atoms with E-state index in [1.165, 1.54) is 11.8 Å². The normalized spacial score (nSPS) is 16.4. The van der Waals surface area contributed by atoms with Crippen LogP contribution in [0.15, 0.2) is 46.3 Å². The van der Waals surface area contributed by atoms with E-state index in [0.717, 1.165) is 19.9 Å². The molecule has 164 valence electrons. The number of halogens is 2. The molecule has 1 aliphatic heterocycles. The first kappa shape index (κ1) is 23.9. The van der Waals surface area contributed by atoms with E-state index in [1.807, 2.05) is 63.2 Å². The second-order valence-corrected chi connectivity index (χ2v) is 9.14. The summed E-state index contributed by atoms with van der Waals surface area (Å²) in [5.74, 6) is 1.28. The molecular weight excluding hydrogens is 547 g/mol. The molecule has 3 rings (SSSR count). The van der Waals surface area contributed by atoms with Crippen LogP contribution in [0, 0.1) is 3.57 Å². The molecule has 0 unspecified atom stereocenters. The molecule has 1 heterocycles. The number of ether oxygens (including phenoxy) is 2. The molecule has 0 saturated carbocycles. The molecule has 0 N–H and O–H groups in total. The third-order valence-electron chi connectivity index (χ3n) is 4.46. The van der Waals surface area contributed by atoms with E-state index in [9.17, 15) is 4.79 Å². The van der Waals surface area contributed by atoms with Crippen LogP contribution in [0.25, 0.3) is 6.08 Å². The average Bonchev–Trinajstić information content (AvgIpc) is 3.03. The number of aliphatic imine (C=N–C) groups is 1. The Morgan fingerprint density at radius 3 is 2.65 bits per heavy atom. The standard InChI is InChI=1S/C23H24ClIN2O3S/c1-4-26-23-27(5-2)22(28)20(31-23)13-15-11-18(25)21(19(12-15)29-6-3)30-14-16-9-7-8-10-17(16)24/h7-13H,4-6,14H2,1-3H3/b20-13-,26-23?. The predicted molar refractivity (Wildman–Crippen MR) is 137 cm³/mol. The average molecular weight is 571 g/mol. The number of carbonyl (C=O) groups excluding carboxylic acids is 1. The molecular formula is C23H24ClIN2O3S. The fourth-order valence-corrected chi connectivity index (χ4v) is 5.11. The van der Waals surface area contributed by atoms with E-state index in [-0.39, 0.29) is 5.91 Å². The number of amidine groups is 1. The van der Waals surface area contributed by atoms with Crippen LogP contribution in [-0.2, 0) is 11.4 Å². The Labute approximate surface area is 206 Å². The molecule has 8 heteroatoms. The molecule has 2 aromatic carbocycles. The lowest BCUT2D eigenvalue weighted by Gasteiger charge is -2.15.